The molecule has 2 rings (SSSR count). The quantitative estimate of drug-likeness (QED) is 0.896. The third-order valence-corrected chi connectivity index (χ3v) is 2.59. The molecule has 1 heterocycles. The van der Waals surface area contributed by atoms with Crippen LogP contribution in [0.15, 0.2) is 24.3 Å². The third kappa shape index (κ3) is 2.86. The monoisotopic (exact) mass is 259 g/mol. The number of aromatic nitrogens is 1. The summed E-state index contributed by atoms with van der Waals surface area (Å²) in [5.41, 5.74) is 1.25. The number of aryl methyl sites for hydroxylation is 2. The van der Waals surface area contributed by atoms with Crippen LogP contribution in [0.4, 0.5) is 20.3 Å². The lowest BCUT2D eigenvalue weighted by Crippen LogP contribution is -2.00. The van der Waals surface area contributed by atoms with Crippen molar-refractivity contribution in [3.05, 3.63) is 52.7 Å². The number of benzene rings is 1. The van der Waals surface area contributed by atoms with Gasteiger partial charge in [0.2, 0.25) is 0 Å². The second-order valence-corrected chi connectivity index (χ2v) is 4.20. The molecule has 1 N–H and O–H groups in total. The minimum absolute atomic E-state index is 0.00918. The van der Waals surface area contributed by atoms with Crippen LogP contribution in [-0.2, 0) is 0 Å². The standard InChI is InChI=1S/C14H11F2N3/c1-8-3-12(16)13(6-11(8)15)19-14-5-10(7-17)4-9(2)18-14/h3-6H,1-2H3,(H,18,19). The molecule has 1 aromatic carbocycles. The Kier molecular flexibility index (Phi) is 3.43. The molecule has 0 spiro atoms. The molecule has 0 saturated carbocycles. The fourth-order valence-corrected chi connectivity index (χ4v) is 1.68. The number of halogens is 2. The van der Waals surface area contributed by atoms with Gasteiger partial charge in [0.25, 0.3) is 0 Å². The maximum atomic E-state index is 13.7. The lowest BCUT2D eigenvalue weighted by atomic mass is 10.2. The highest BCUT2D eigenvalue weighted by Crippen LogP contribution is 2.22. The molecular weight excluding hydrogens is 248 g/mol. The van der Waals surface area contributed by atoms with Crippen molar-refractivity contribution in [1.82, 2.24) is 4.98 Å². The van der Waals surface area contributed by atoms with Crippen molar-refractivity contribution in [1.29, 1.82) is 5.26 Å². The van der Waals surface area contributed by atoms with Gasteiger partial charge in [-0.2, -0.15) is 5.26 Å². The molecule has 0 atom stereocenters. The zero-order valence-electron chi connectivity index (χ0n) is 10.5. The van der Waals surface area contributed by atoms with Crippen molar-refractivity contribution < 1.29 is 8.78 Å². The van der Waals surface area contributed by atoms with E-state index in [0.717, 1.165) is 12.1 Å². The summed E-state index contributed by atoms with van der Waals surface area (Å²) in [5.74, 6) is -0.767. The van der Waals surface area contributed by atoms with E-state index >= 15 is 0 Å². The molecular formula is C14H11F2N3. The first-order valence-corrected chi connectivity index (χ1v) is 5.61. The predicted molar refractivity (Wildman–Crippen MR) is 68.1 cm³/mol. The molecule has 5 heteroatoms. The smallest absolute Gasteiger partial charge is 0.147 e. The number of hydrogen-bond donors (Lipinski definition) is 1. The number of nitrogens with zero attached hydrogens (tertiary/aromatic N) is 2. The molecule has 0 unspecified atom stereocenters. The lowest BCUT2D eigenvalue weighted by Gasteiger charge is -2.09. The number of rotatable bonds is 2. The van der Waals surface area contributed by atoms with Crippen LogP contribution in [0.2, 0.25) is 0 Å². The minimum atomic E-state index is -0.569. The van der Waals surface area contributed by atoms with Gasteiger partial charge in [-0.05, 0) is 37.6 Å². The highest BCUT2D eigenvalue weighted by molar-refractivity contribution is 5.59. The molecule has 1 aromatic heterocycles. The lowest BCUT2D eigenvalue weighted by molar-refractivity contribution is 0.595. The Bertz CT molecular complexity index is 675. The Morgan fingerprint density at radius 3 is 2.53 bits per heavy atom. The van der Waals surface area contributed by atoms with E-state index in [-0.39, 0.29) is 11.3 Å². The summed E-state index contributed by atoms with van der Waals surface area (Å²) < 4.78 is 27.1. The zero-order chi connectivity index (χ0) is 14.0. The van der Waals surface area contributed by atoms with Gasteiger partial charge in [-0.3, -0.25) is 0 Å². The summed E-state index contributed by atoms with van der Waals surface area (Å²) in [5, 5.41) is 11.5. The van der Waals surface area contributed by atoms with Crippen LogP contribution in [0.5, 0.6) is 0 Å². The van der Waals surface area contributed by atoms with Gasteiger partial charge < -0.3 is 5.32 Å². The number of hydrogen-bond acceptors (Lipinski definition) is 3. The normalized spacial score (nSPS) is 10.1. The van der Waals surface area contributed by atoms with Gasteiger partial charge in [0, 0.05) is 11.8 Å². The molecule has 96 valence electrons. The summed E-state index contributed by atoms with van der Waals surface area (Å²) in [4.78, 5) is 4.12. The van der Waals surface area contributed by atoms with Gasteiger partial charge in [0.15, 0.2) is 0 Å². The van der Waals surface area contributed by atoms with Crippen molar-refractivity contribution in [2.24, 2.45) is 0 Å². The van der Waals surface area contributed by atoms with Crippen molar-refractivity contribution in [2.75, 3.05) is 5.32 Å². The fourth-order valence-electron chi connectivity index (χ4n) is 1.68. The van der Waals surface area contributed by atoms with E-state index < -0.39 is 11.6 Å². The molecule has 0 radical (unpaired) electrons. The summed E-state index contributed by atoms with van der Waals surface area (Å²) in [6, 6.07) is 7.25. The third-order valence-electron chi connectivity index (χ3n) is 2.59. The molecule has 0 aliphatic rings. The highest BCUT2D eigenvalue weighted by atomic mass is 19.1. The van der Waals surface area contributed by atoms with E-state index in [1.807, 2.05) is 6.07 Å². The molecule has 0 bridgehead atoms. The maximum Gasteiger partial charge on any atom is 0.147 e. The van der Waals surface area contributed by atoms with Crippen LogP contribution in [0.3, 0.4) is 0 Å². The van der Waals surface area contributed by atoms with E-state index in [9.17, 15) is 8.78 Å². The van der Waals surface area contributed by atoms with Crippen molar-refractivity contribution in [3.8, 4) is 6.07 Å². The average molecular weight is 259 g/mol. The first-order chi connectivity index (χ1) is 8.99. The van der Waals surface area contributed by atoms with E-state index in [2.05, 4.69) is 10.3 Å². The Morgan fingerprint density at radius 2 is 1.84 bits per heavy atom. The number of nitrogens with one attached hydrogen (secondary N) is 1. The zero-order valence-corrected chi connectivity index (χ0v) is 10.5. The summed E-state index contributed by atoms with van der Waals surface area (Å²) in [6.45, 7) is 3.21. The topological polar surface area (TPSA) is 48.7 Å². The minimum Gasteiger partial charge on any atom is -0.338 e. The van der Waals surface area contributed by atoms with Crippen molar-refractivity contribution in [3.63, 3.8) is 0 Å². The molecule has 0 saturated heterocycles. The Hall–Kier alpha value is -2.48. The van der Waals surface area contributed by atoms with Crippen LogP contribution < -0.4 is 5.32 Å². The molecule has 0 aliphatic heterocycles. The Morgan fingerprint density at radius 1 is 1.11 bits per heavy atom. The summed E-state index contributed by atoms with van der Waals surface area (Å²) in [6.07, 6.45) is 0. The first-order valence-electron chi connectivity index (χ1n) is 5.61. The second-order valence-electron chi connectivity index (χ2n) is 4.20. The summed E-state index contributed by atoms with van der Waals surface area (Å²) >= 11 is 0. The van der Waals surface area contributed by atoms with Crippen LogP contribution >= 0.6 is 0 Å². The van der Waals surface area contributed by atoms with Gasteiger partial charge in [0.05, 0.1) is 17.3 Å². The molecule has 0 amide bonds. The van der Waals surface area contributed by atoms with Gasteiger partial charge in [-0.1, -0.05) is 0 Å². The molecule has 3 nitrogen and oxygen atoms in total. The average Bonchev–Trinajstić information content (AvgIpc) is 2.35. The number of nitriles is 1. The molecule has 19 heavy (non-hydrogen) atoms. The van der Waals surface area contributed by atoms with Gasteiger partial charge >= 0.3 is 0 Å². The van der Waals surface area contributed by atoms with Gasteiger partial charge in [-0.15, -0.1) is 0 Å². The Balaban J connectivity index is 2.39. The van der Waals surface area contributed by atoms with Gasteiger partial charge in [-0.25, -0.2) is 13.8 Å². The predicted octanol–water partition coefficient (Wildman–Crippen LogP) is 3.59. The van der Waals surface area contributed by atoms with Crippen LogP contribution in [0.25, 0.3) is 0 Å². The van der Waals surface area contributed by atoms with E-state index in [1.165, 1.54) is 13.0 Å². The van der Waals surface area contributed by atoms with Gasteiger partial charge in [0.1, 0.15) is 17.5 Å². The van der Waals surface area contributed by atoms with Crippen molar-refractivity contribution >= 4 is 11.5 Å². The number of pyridine rings is 1. The van der Waals surface area contributed by atoms with Crippen molar-refractivity contribution in [2.45, 2.75) is 13.8 Å². The van der Waals surface area contributed by atoms with Crippen LogP contribution in [-0.4, -0.2) is 4.98 Å². The molecule has 0 fully saturated rings. The maximum absolute atomic E-state index is 13.7. The number of anilines is 2. The summed E-state index contributed by atoms with van der Waals surface area (Å²) in [7, 11) is 0. The first kappa shape index (κ1) is 13.0. The van der Waals surface area contributed by atoms with E-state index in [1.54, 1.807) is 13.0 Å². The molecule has 0 aliphatic carbocycles. The van der Waals surface area contributed by atoms with Crippen LogP contribution in [0.1, 0.15) is 16.8 Å². The fraction of sp³-hybridized carbons (Fsp3) is 0.143. The van der Waals surface area contributed by atoms with E-state index in [0.29, 0.717) is 17.1 Å². The van der Waals surface area contributed by atoms with Crippen LogP contribution in [0, 0.1) is 36.8 Å². The Labute approximate surface area is 109 Å². The highest BCUT2D eigenvalue weighted by Gasteiger charge is 2.09. The SMILES string of the molecule is Cc1cc(C#N)cc(Nc2cc(F)c(C)cc2F)n1. The largest absolute Gasteiger partial charge is 0.338 e. The second kappa shape index (κ2) is 5.02. The molecule has 2 aromatic rings. The van der Waals surface area contributed by atoms with E-state index in [4.69, 9.17) is 5.26 Å².